The van der Waals surface area contributed by atoms with Gasteiger partial charge in [-0.05, 0) is 60.7 Å². The molecule has 0 radical (unpaired) electrons. The number of rotatable bonds is 2. The minimum absolute atomic E-state index is 0. The van der Waals surface area contributed by atoms with Gasteiger partial charge >= 0.3 is 0 Å². The maximum atomic E-state index is 3.57. The summed E-state index contributed by atoms with van der Waals surface area (Å²) in [5, 5.41) is 5.18. The summed E-state index contributed by atoms with van der Waals surface area (Å²) in [6.07, 6.45) is 0. The number of fused-ring (bicyclic) bond motifs is 6. The molecule has 8 rings (SSSR count). The normalized spacial score (nSPS) is 10.9. The Morgan fingerprint density at radius 1 is 0.350 bits per heavy atom. The van der Waals surface area contributed by atoms with Crippen LogP contribution in [0, 0.1) is 0 Å². The lowest BCUT2D eigenvalue weighted by molar-refractivity contribution is 1.18. The maximum Gasteiger partial charge on any atom is 0.0541 e. The molecule has 0 aliphatic carbocycles. The van der Waals surface area contributed by atoms with Gasteiger partial charge in [-0.15, -0.1) is 0 Å². The van der Waals surface area contributed by atoms with E-state index in [4.69, 9.17) is 0 Å². The van der Waals surface area contributed by atoms with Gasteiger partial charge < -0.3 is 9.13 Å². The first kappa shape index (κ1) is 25.7. The number of para-hydroxylation sites is 5. The van der Waals surface area contributed by atoms with Crippen molar-refractivity contribution in [3.8, 4) is 11.4 Å². The Balaban J connectivity index is 0.000000141. The third-order valence-electron chi connectivity index (χ3n) is 7.24. The van der Waals surface area contributed by atoms with Crippen molar-refractivity contribution in [2.24, 2.45) is 0 Å². The average Bonchev–Trinajstić information content (AvgIpc) is 3.51. The van der Waals surface area contributed by atoms with Gasteiger partial charge in [0.15, 0.2) is 0 Å². The smallest absolute Gasteiger partial charge is 0.0541 e. The zero-order valence-corrected chi connectivity index (χ0v) is 22.8. The molecule has 194 valence electrons. The molecule has 0 N–H and O–H groups in total. The van der Waals surface area contributed by atoms with Gasteiger partial charge in [0.25, 0.3) is 0 Å². The van der Waals surface area contributed by atoms with Gasteiger partial charge in [-0.25, -0.2) is 0 Å². The predicted molar refractivity (Wildman–Crippen MR) is 176 cm³/mol. The summed E-state index contributed by atoms with van der Waals surface area (Å²) in [4.78, 5) is 0. The van der Waals surface area contributed by atoms with Gasteiger partial charge in [0, 0.05) is 37.4 Å². The molecule has 0 bridgehead atoms. The van der Waals surface area contributed by atoms with Gasteiger partial charge in [0.1, 0.15) is 0 Å². The van der Waals surface area contributed by atoms with Crippen molar-refractivity contribution in [1.82, 2.24) is 9.13 Å². The van der Waals surface area contributed by atoms with Crippen LogP contribution in [0.25, 0.3) is 55.0 Å². The number of hydrogen-bond donors (Lipinski definition) is 0. The molecule has 0 amide bonds. The minimum Gasteiger partial charge on any atom is -0.309 e. The molecule has 2 nitrogen and oxygen atoms in total. The van der Waals surface area contributed by atoms with E-state index in [-0.39, 0.29) is 7.43 Å². The fourth-order valence-electron chi connectivity index (χ4n) is 5.58. The fraction of sp³-hybridized carbons (Fsp3) is 0.0270. The van der Waals surface area contributed by atoms with Crippen molar-refractivity contribution in [3.63, 3.8) is 0 Å². The molecule has 0 atom stereocenters. The highest BCUT2D eigenvalue weighted by molar-refractivity contribution is 9.10. The average molecular weight is 582 g/mol. The monoisotopic (exact) mass is 580 g/mol. The Bertz CT molecular complexity index is 2020. The number of halogens is 1. The molecular weight excluding hydrogens is 552 g/mol. The molecule has 0 saturated carbocycles. The van der Waals surface area contributed by atoms with Crippen LogP contribution in [0.1, 0.15) is 7.43 Å². The van der Waals surface area contributed by atoms with Gasteiger partial charge in [-0.2, -0.15) is 0 Å². The van der Waals surface area contributed by atoms with Crippen molar-refractivity contribution in [3.05, 3.63) is 156 Å². The summed E-state index contributed by atoms with van der Waals surface area (Å²) >= 11 is 3.57. The number of nitrogens with zero attached hydrogens (tertiary/aromatic N) is 2. The van der Waals surface area contributed by atoms with Crippen molar-refractivity contribution in [1.29, 1.82) is 0 Å². The molecule has 8 aromatic rings. The van der Waals surface area contributed by atoms with Gasteiger partial charge in [0.2, 0.25) is 0 Å². The zero-order valence-electron chi connectivity index (χ0n) is 21.2. The summed E-state index contributed by atoms with van der Waals surface area (Å²) in [6.45, 7) is 0. The second kappa shape index (κ2) is 10.9. The first-order valence-corrected chi connectivity index (χ1v) is 13.9. The lowest BCUT2D eigenvalue weighted by Gasteiger charge is -2.07. The van der Waals surface area contributed by atoms with E-state index in [1.54, 1.807) is 0 Å². The SMILES string of the molecule is Brc1ccc2c(c1)c1ccccc1n2-c1ccccc1.C.c1ccc(-n2c3ccccc3c3ccccc32)cc1. The molecule has 2 aromatic heterocycles. The lowest BCUT2D eigenvalue weighted by atomic mass is 10.2. The highest BCUT2D eigenvalue weighted by Gasteiger charge is 2.12. The standard InChI is InChI=1S/C18H12BrN.C18H13N.CH4/c19-13-10-11-18-16(12-13)15-8-4-5-9-17(15)20(18)14-6-2-1-3-7-14;1-2-8-14(9-3-1)19-17-12-6-4-10-15(17)16-11-5-7-13-18(16)19;/h1-12H;1-13H;1H4. The van der Waals surface area contributed by atoms with Crippen LogP contribution in [-0.2, 0) is 0 Å². The number of benzene rings is 6. The molecule has 2 heterocycles. The van der Waals surface area contributed by atoms with Crippen molar-refractivity contribution in [2.45, 2.75) is 7.43 Å². The Labute approximate surface area is 242 Å². The Hall–Kier alpha value is -4.60. The van der Waals surface area contributed by atoms with Crippen LogP contribution >= 0.6 is 15.9 Å². The molecule has 6 aromatic carbocycles. The minimum atomic E-state index is 0. The van der Waals surface area contributed by atoms with E-state index in [0.29, 0.717) is 0 Å². The second-order valence-electron chi connectivity index (χ2n) is 9.55. The van der Waals surface area contributed by atoms with Crippen LogP contribution in [0.2, 0.25) is 0 Å². The van der Waals surface area contributed by atoms with Crippen LogP contribution < -0.4 is 0 Å². The third-order valence-corrected chi connectivity index (χ3v) is 7.74. The van der Waals surface area contributed by atoms with Crippen LogP contribution in [0.4, 0.5) is 0 Å². The van der Waals surface area contributed by atoms with E-state index in [1.165, 1.54) is 55.0 Å². The van der Waals surface area contributed by atoms with E-state index >= 15 is 0 Å². The largest absolute Gasteiger partial charge is 0.309 e. The van der Waals surface area contributed by atoms with E-state index < -0.39 is 0 Å². The Kier molecular flexibility index (Phi) is 6.98. The summed E-state index contributed by atoms with van der Waals surface area (Å²) in [7, 11) is 0. The van der Waals surface area contributed by atoms with Crippen molar-refractivity contribution >= 4 is 59.5 Å². The molecule has 3 heteroatoms. The van der Waals surface area contributed by atoms with E-state index in [9.17, 15) is 0 Å². The summed E-state index contributed by atoms with van der Waals surface area (Å²) in [5.74, 6) is 0. The molecule has 0 fully saturated rings. The van der Waals surface area contributed by atoms with E-state index in [1.807, 2.05) is 6.07 Å². The predicted octanol–water partition coefficient (Wildman–Crippen LogP) is 11.0. The first-order chi connectivity index (χ1) is 19.3. The van der Waals surface area contributed by atoms with E-state index in [0.717, 1.165) is 4.47 Å². The van der Waals surface area contributed by atoms with Crippen molar-refractivity contribution < 1.29 is 0 Å². The summed E-state index contributed by atoms with van der Waals surface area (Å²) in [5.41, 5.74) is 7.40. The fourth-order valence-corrected chi connectivity index (χ4v) is 5.94. The Morgan fingerprint density at radius 2 is 0.700 bits per heavy atom. The molecule has 0 aliphatic heterocycles. The highest BCUT2D eigenvalue weighted by Crippen LogP contribution is 2.34. The summed E-state index contributed by atoms with van der Waals surface area (Å²) in [6, 6.07) is 53.2. The van der Waals surface area contributed by atoms with Gasteiger partial charge in [-0.1, -0.05) is 114 Å². The highest BCUT2D eigenvalue weighted by atomic mass is 79.9. The Morgan fingerprint density at radius 3 is 1.15 bits per heavy atom. The maximum absolute atomic E-state index is 3.57. The third kappa shape index (κ3) is 4.39. The van der Waals surface area contributed by atoms with Crippen LogP contribution in [0.5, 0.6) is 0 Å². The summed E-state index contributed by atoms with van der Waals surface area (Å²) < 4.78 is 5.75. The van der Waals surface area contributed by atoms with Crippen LogP contribution in [0.15, 0.2) is 156 Å². The first-order valence-electron chi connectivity index (χ1n) is 13.1. The molecule has 40 heavy (non-hydrogen) atoms. The quantitative estimate of drug-likeness (QED) is 0.192. The number of aromatic nitrogens is 2. The number of hydrogen-bond acceptors (Lipinski definition) is 0. The topological polar surface area (TPSA) is 9.86 Å². The van der Waals surface area contributed by atoms with E-state index in [2.05, 4.69) is 171 Å². The molecular formula is C37H29BrN2. The van der Waals surface area contributed by atoms with Crippen molar-refractivity contribution in [2.75, 3.05) is 0 Å². The zero-order chi connectivity index (χ0) is 26.2. The molecule has 0 saturated heterocycles. The molecule has 0 spiro atoms. The van der Waals surface area contributed by atoms with Gasteiger partial charge in [-0.3, -0.25) is 0 Å². The molecule has 0 unspecified atom stereocenters. The second-order valence-corrected chi connectivity index (χ2v) is 10.5. The lowest BCUT2D eigenvalue weighted by Crippen LogP contribution is -1.92. The molecule has 0 aliphatic rings. The van der Waals surface area contributed by atoms with Crippen LogP contribution in [-0.4, -0.2) is 9.13 Å². The van der Waals surface area contributed by atoms with Crippen LogP contribution in [0.3, 0.4) is 0 Å². The van der Waals surface area contributed by atoms with Gasteiger partial charge in [0.05, 0.1) is 22.1 Å².